The molecule has 0 atom stereocenters. The molecule has 0 spiro atoms. The van der Waals surface area contributed by atoms with E-state index in [1.165, 1.54) is 0 Å². The Bertz CT molecular complexity index is 575. The molecule has 2 N–H and O–H groups in total. The van der Waals surface area contributed by atoms with Crippen LogP contribution in [0.25, 0.3) is 0 Å². The minimum Gasteiger partial charge on any atom is -0.397 e. The van der Waals surface area contributed by atoms with Crippen molar-refractivity contribution < 1.29 is 8.42 Å². The zero-order valence-electron chi connectivity index (χ0n) is 12.0. The summed E-state index contributed by atoms with van der Waals surface area (Å²) >= 11 is 0. The molecular formula is C13H21N5O2S. The first kappa shape index (κ1) is 14.6. The van der Waals surface area contributed by atoms with Gasteiger partial charge in [-0.3, -0.25) is 0 Å². The number of hydrogen-bond acceptors (Lipinski definition) is 5. The molecule has 2 saturated heterocycles. The monoisotopic (exact) mass is 311 g/mol. The van der Waals surface area contributed by atoms with E-state index in [1.807, 2.05) is 12.1 Å². The average Bonchev–Trinajstić information content (AvgIpc) is 3.03. The second kappa shape index (κ2) is 5.78. The number of anilines is 2. The maximum absolute atomic E-state index is 12.5. The number of nitrogens with zero attached hydrogens (tertiary/aromatic N) is 4. The Kier molecular flexibility index (Phi) is 4.01. The van der Waals surface area contributed by atoms with Crippen molar-refractivity contribution in [3.8, 4) is 0 Å². The Hall–Kier alpha value is -1.38. The summed E-state index contributed by atoms with van der Waals surface area (Å²) in [7, 11) is -3.27. The van der Waals surface area contributed by atoms with Gasteiger partial charge in [0.15, 0.2) is 0 Å². The van der Waals surface area contributed by atoms with Gasteiger partial charge in [-0.25, -0.2) is 4.98 Å². The standard InChI is InChI=1S/C13H21N5O2S/c14-12-3-4-13(15-11-12)16-7-9-18(10-8-16)21(19,20)17-5-1-2-6-17/h3-4,11H,1-2,5-10,14H2. The maximum Gasteiger partial charge on any atom is 0.282 e. The molecule has 0 radical (unpaired) electrons. The zero-order chi connectivity index (χ0) is 14.9. The Labute approximate surface area is 125 Å². The molecule has 0 aromatic carbocycles. The van der Waals surface area contributed by atoms with Crippen LogP contribution in [0.4, 0.5) is 11.5 Å². The number of aromatic nitrogens is 1. The molecule has 116 valence electrons. The van der Waals surface area contributed by atoms with Gasteiger partial charge in [-0.1, -0.05) is 0 Å². The molecule has 21 heavy (non-hydrogen) atoms. The molecule has 0 bridgehead atoms. The summed E-state index contributed by atoms with van der Waals surface area (Å²) in [5.74, 6) is 0.849. The van der Waals surface area contributed by atoms with Gasteiger partial charge in [-0.15, -0.1) is 0 Å². The summed E-state index contributed by atoms with van der Waals surface area (Å²) in [5, 5.41) is 0. The molecule has 1 aromatic heterocycles. The Morgan fingerprint density at radius 3 is 2.14 bits per heavy atom. The van der Waals surface area contributed by atoms with Gasteiger partial charge < -0.3 is 10.6 Å². The van der Waals surface area contributed by atoms with E-state index in [0.717, 1.165) is 18.7 Å². The number of rotatable bonds is 3. The maximum atomic E-state index is 12.5. The van der Waals surface area contributed by atoms with Gasteiger partial charge in [0, 0.05) is 39.3 Å². The number of nitrogen functional groups attached to an aromatic ring is 1. The van der Waals surface area contributed by atoms with Gasteiger partial charge in [0.05, 0.1) is 11.9 Å². The van der Waals surface area contributed by atoms with Crippen LogP contribution in [0.2, 0.25) is 0 Å². The van der Waals surface area contributed by atoms with E-state index >= 15 is 0 Å². The second-order valence-electron chi connectivity index (χ2n) is 5.45. The van der Waals surface area contributed by atoms with Crippen LogP contribution in [0.15, 0.2) is 18.3 Å². The minimum atomic E-state index is -3.27. The van der Waals surface area contributed by atoms with Crippen LogP contribution < -0.4 is 10.6 Å². The van der Waals surface area contributed by atoms with Crippen LogP contribution in [-0.4, -0.2) is 61.3 Å². The van der Waals surface area contributed by atoms with Crippen molar-refractivity contribution in [3.05, 3.63) is 18.3 Å². The van der Waals surface area contributed by atoms with Gasteiger partial charge in [0.2, 0.25) is 0 Å². The molecule has 0 saturated carbocycles. The Morgan fingerprint density at radius 1 is 0.952 bits per heavy atom. The van der Waals surface area contributed by atoms with Crippen LogP contribution in [0.1, 0.15) is 12.8 Å². The number of pyridine rings is 1. The van der Waals surface area contributed by atoms with E-state index in [-0.39, 0.29) is 0 Å². The summed E-state index contributed by atoms with van der Waals surface area (Å²) in [6, 6.07) is 3.69. The van der Waals surface area contributed by atoms with Crippen LogP contribution >= 0.6 is 0 Å². The highest BCUT2D eigenvalue weighted by Crippen LogP contribution is 2.20. The van der Waals surface area contributed by atoms with Crippen molar-refractivity contribution in [3.63, 3.8) is 0 Å². The molecule has 1 aromatic rings. The lowest BCUT2D eigenvalue weighted by Crippen LogP contribution is -2.52. The van der Waals surface area contributed by atoms with Crippen molar-refractivity contribution in [2.24, 2.45) is 0 Å². The summed E-state index contributed by atoms with van der Waals surface area (Å²) in [4.78, 5) is 6.38. The lowest BCUT2D eigenvalue weighted by molar-refractivity contribution is 0.343. The Morgan fingerprint density at radius 2 is 1.57 bits per heavy atom. The average molecular weight is 311 g/mol. The van der Waals surface area contributed by atoms with E-state index in [4.69, 9.17) is 5.73 Å². The molecule has 2 aliphatic heterocycles. The minimum absolute atomic E-state index is 0.505. The lowest BCUT2D eigenvalue weighted by Gasteiger charge is -2.36. The van der Waals surface area contributed by atoms with Gasteiger partial charge in [0.25, 0.3) is 10.2 Å². The van der Waals surface area contributed by atoms with E-state index in [0.29, 0.717) is 45.0 Å². The smallest absolute Gasteiger partial charge is 0.282 e. The second-order valence-corrected chi connectivity index (χ2v) is 7.38. The van der Waals surface area contributed by atoms with E-state index in [1.54, 1.807) is 14.8 Å². The van der Waals surface area contributed by atoms with Crippen molar-refractivity contribution in [2.45, 2.75) is 12.8 Å². The lowest BCUT2D eigenvalue weighted by atomic mass is 10.3. The normalized spacial score (nSPS) is 21.8. The first-order valence-electron chi connectivity index (χ1n) is 7.29. The predicted octanol–water partition coefficient (Wildman–Crippen LogP) is 0.126. The molecule has 7 nitrogen and oxygen atoms in total. The molecule has 3 rings (SSSR count). The fourth-order valence-corrected chi connectivity index (χ4v) is 4.49. The van der Waals surface area contributed by atoms with Crippen LogP contribution in [-0.2, 0) is 10.2 Å². The summed E-state index contributed by atoms with van der Waals surface area (Å²) in [6.07, 6.45) is 3.56. The van der Waals surface area contributed by atoms with Gasteiger partial charge in [0.1, 0.15) is 5.82 Å². The largest absolute Gasteiger partial charge is 0.397 e. The SMILES string of the molecule is Nc1ccc(N2CCN(S(=O)(=O)N3CCCC3)CC2)nc1. The highest BCUT2D eigenvalue weighted by molar-refractivity contribution is 7.86. The van der Waals surface area contributed by atoms with Crippen molar-refractivity contribution in [2.75, 3.05) is 49.9 Å². The van der Waals surface area contributed by atoms with E-state index in [9.17, 15) is 8.42 Å². The highest BCUT2D eigenvalue weighted by Gasteiger charge is 2.33. The first-order chi connectivity index (χ1) is 10.1. The fraction of sp³-hybridized carbons (Fsp3) is 0.615. The third kappa shape index (κ3) is 2.97. The Balaban J connectivity index is 1.63. The van der Waals surface area contributed by atoms with E-state index in [2.05, 4.69) is 9.88 Å². The van der Waals surface area contributed by atoms with Crippen LogP contribution in [0.3, 0.4) is 0 Å². The molecule has 0 unspecified atom stereocenters. The molecule has 2 fully saturated rings. The summed E-state index contributed by atoms with van der Waals surface area (Å²) < 4.78 is 28.1. The molecule has 3 heterocycles. The highest BCUT2D eigenvalue weighted by atomic mass is 32.2. The van der Waals surface area contributed by atoms with Crippen LogP contribution in [0, 0.1) is 0 Å². The van der Waals surface area contributed by atoms with Crippen molar-refractivity contribution in [1.29, 1.82) is 0 Å². The molecule has 8 heteroatoms. The van der Waals surface area contributed by atoms with Gasteiger partial charge in [-0.2, -0.15) is 17.0 Å². The zero-order valence-corrected chi connectivity index (χ0v) is 12.8. The van der Waals surface area contributed by atoms with Crippen LogP contribution in [0.5, 0.6) is 0 Å². The molecular weight excluding hydrogens is 290 g/mol. The molecule has 0 aliphatic carbocycles. The first-order valence-corrected chi connectivity index (χ1v) is 8.69. The quantitative estimate of drug-likeness (QED) is 0.858. The molecule has 0 amide bonds. The van der Waals surface area contributed by atoms with Gasteiger partial charge >= 0.3 is 0 Å². The number of nitrogens with two attached hydrogens (primary N) is 1. The fourth-order valence-electron chi connectivity index (χ4n) is 2.81. The summed E-state index contributed by atoms with van der Waals surface area (Å²) in [6.45, 7) is 3.63. The topological polar surface area (TPSA) is 82.8 Å². The van der Waals surface area contributed by atoms with Crippen molar-refractivity contribution >= 4 is 21.7 Å². The van der Waals surface area contributed by atoms with Crippen molar-refractivity contribution in [1.82, 2.24) is 13.6 Å². The number of piperazine rings is 1. The predicted molar refractivity (Wildman–Crippen MR) is 82.2 cm³/mol. The van der Waals surface area contributed by atoms with E-state index < -0.39 is 10.2 Å². The number of hydrogen-bond donors (Lipinski definition) is 1. The third-order valence-electron chi connectivity index (χ3n) is 4.05. The molecule has 2 aliphatic rings. The summed E-state index contributed by atoms with van der Waals surface area (Å²) in [5.41, 5.74) is 6.26. The van der Waals surface area contributed by atoms with Gasteiger partial charge in [-0.05, 0) is 25.0 Å². The third-order valence-corrected chi connectivity index (χ3v) is 6.09.